The Morgan fingerprint density at radius 3 is 2.41 bits per heavy atom. The van der Waals surface area contributed by atoms with Gasteiger partial charge in [-0.25, -0.2) is 4.98 Å². The van der Waals surface area contributed by atoms with E-state index < -0.39 is 0 Å². The lowest BCUT2D eigenvalue weighted by Gasteiger charge is -2.10. The van der Waals surface area contributed by atoms with Gasteiger partial charge in [0.25, 0.3) is 0 Å². The van der Waals surface area contributed by atoms with Gasteiger partial charge in [0, 0.05) is 25.0 Å². The van der Waals surface area contributed by atoms with Crippen LogP contribution in [-0.4, -0.2) is 16.2 Å². The molecule has 0 saturated carbocycles. The summed E-state index contributed by atoms with van der Waals surface area (Å²) in [6.07, 6.45) is 3.60. The molecule has 5 heteroatoms. The topological polar surface area (TPSA) is 27.1 Å². The summed E-state index contributed by atoms with van der Waals surface area (Å²) in [6, 6.07) is 3.61. The van der Waals surface area contributed by atoms with Crippen molar-refractivity contribution in [3.63, 3.8) is 0 Å². The molecule has 0 unspecified atom stereocenters. The summed E-state index contributed by atoms with van der Waals surface area (Å²) < 4.78 is 7.28. The Balaban J connectivity index is 2.49. The van der Waals surface area contributed by atoms with Gasteiger partial charge in [-0.15, -0.1) is 0 Å². The highest BCUT2D eigenvalue weighted by Gasteiger charge is 2.12. The van der Waals surface area contributed by atoms with Crippen molar-refractivity contribution in [2.75, 3.05) is 6.61 Å². The number of rotatable bonds is 3. The van der Waals surface area contributed by atoms with Crippen LogP contribution in [0.2, 0.25) is 10.0 Å². The van der Waals surface area contributed by atoms with Crippen molar-refractivity contribution >= 4 is 23.2 Å². The van der Waals surface area contributed by atoms with Gasteiger partial charge in [0.2, 0.25) is 0 Å². The first-order chi connectivity index (χ1) is 8.13. The van der Waals surface area contributed by atoms with Gasteiger partial charge < -0.3 is 9.30 Å². The quantitative estimate of drug-likeness (QED) is 0.849. The average Bonchev–Trinajstić information content (AvgIpc) is 2.69. The smallest absolute Gasteiger partial charge is 0.156 e. The fraction of sp³-hybridized carbons (Fsp3) is 0.250. The molecule has 1 aromatic carbocycles. The lowest BCUT2D eigenvalue weighted by Crippen LogP contribution is -1.95. The molecule has 0 aliphatic heterocycles. The summed E-state index contributed by atoms with van der Waals surface area (Å²) in [5.41, 5.74) is 0.871. The van der Waals surface area contributed by atoms with E-state index in [-0.39, 0.29) is 0 Å². The van der Waals surface area contributed by atoms with Gasteiger partial charge >= 0.3 is 0 Å². The minimum absolute atomic E-state index is 0.498. The molecule has 0 fully saturated rings. The zero-order valence-corrected chi connectivity index (χ0v) is 11.1. The molecule has 2 rings (SSSR count). The monoisotopic (exact) mass is 270 g/mol. The number of aryl methyl sites for hydroxylation is 1. The lowest BCUT2D eigenvalue weighted by molar-refractivity contribution is 0.340. The second kappa shape index (κ2) is 4.98. The van der Waals surface area contributed by atoms with Crippen LogP contribution in [0.4, 0.5) is 0 Å². The first-order valence-electron chi connectivity index (χ1n) is 5.23. The summed E-state index contributed by atoms with van der Waals surface area (Å²) in [6.45, 7) is 2.42. The molecular weight excluding hydrogens is 259 g/mol. The van der Waals surface area contributed by atoms with E-state index in [1.165, 1.54) is 0 Å². The zero-order valence-electron chi connectivity index (χ0n) is 9.58. The Morgan fingerprint density at radius 1 is 1.29 bits per heavy atom. The summed E-state index contributed by atoms with van der Waals surface area (Å²) >= 11 is 12.3. The van der Waals surface area contributed by atoms with Crippen LogP contribution in [0.15, 0.2) is 24.5 Å². The van der Waals surface area contributed by atoms with Crippen molar-refractivity contribution in [2.45, 2.75) is 6.92 Å². The number of aromatic nitrogens is 2. The van der Waals surface area contributed by atoms with Gasteiger partial charge in [0.1, 0.15) is 5.82 Å². The molecule has 90 valence electrons. The largest absolute Gasteiger partial charge is 0.491 e. The second-order valence-corrected chi connectivity index (χ2v) is 4.38. The van der Waals surface area contributed by atoms with E-state index in [4.69, 9.17) is 27.9 Å². The number of imidazole rings is 1. The molecule has 1 heterocycles. The van der Waals surface area contributed by atoms with Crippen LogP contribution >= 0.6 is 23.2 Å². The summed E-state index contributed by atoms with van der Waals surface area (Å²) in [4.78, 5) is 4.25. The maximum absolute atomic E-state index is 6.14. The number of halogens is 2. The predicted molar refractivity (Wildman–Crippen MR) is 69.8 cm³/mol. The molecular formula is C12H12Cl2N2O. The number of hydrogen-bond donors (Lipinski definition) is 0. The maximum Gasteiger partial charge on any atom is 0.156 e. The molecule has 0 amide bonds. The van der Waals surface area contributed by atoms with Crippen LogP contribution in [0.25, 0.3) is 11.4 Å². The molecule has 2 aromatic rings. The van der Waals surface area contributed by atoms with Gasteiger partial charge in [-0.1, -0.05) is 23.2 Å². The fourth-order valence-corrected chi connectivity index (χ4v) is 2.21. The Kier molecular flexibility index (Phi) is 3.60. The third kappa shape index (κ3) is 2.40. The van der Waals surface area contributed by atoms with E-state index >= 15 is 0 Å². The SMILES string of the molecule is CCOc1c(Cl)cc(-c2nccn2C)cc1Cl. The molecule has 0 saturated heterocycles. The van der Waals surface area contributed by atoms with Crippen molar-refractivity contribution < 1.29 is 4.74 Å². The summed E-state index contributed by atoms with van der Waals surface area (Å²) in [5, 5.41) is 0.995. The van der Waals surface area contributed by atoms with Crippen LogP contribution < -0.4 is 4.74 Å². The Labute approximate surface area is 110 Å². The van der Waals surface area contributed by atoms with Gasteiger partial charge in [-0.05, 0) is 19.1 Å². The van der Waals surface area contributed by atoms with Crippen LogP contribution in [0, 0.1) is 0 Å². The lowest BCUT2D eigenvalue weighted by atomic mass is 10.2. The second-order valence-electron chi connectivity index (χ2n) is 3.56. The molecule has 0 aliphatic rings. The molecule has 0 radical (unpaired) electrons. The molecule has 0 atom stereocenters. The number of benzene rings is 1. The minimum atomic E-state index is 0.498. The predicted octanol–water partition coefficient (Wildman–Crippen LogP) is 3.79. The highest BCUT2D eigenvalue weighted by molar-refractivity contribution is 6.37. The van der Waals surface area contributed by atoms with Crippen LogP contribution in [0.5, 0.6) is 5.75 Å². The molecule has 0 spiro atoms. The average molecular weight is 271 g/mol. The van der Waals surface area contributed by atoms with Crippen molar-refractivity contribution in [3.8, 4) is 17.1 Å². The van der Waals surface area contributed by atoms with E-state index in [0.717, 1.165) is 11.4 Å². The third-order valence-electron chi connectivity index (χ3n) is 2.37. The molecule has 0 N–H and O–H groups in total. The van der Waals surface area contributed by atoms with Gasteiger partial charge in [0.05, 0.1) is 16.7 Å². The summed E-state index contributed by atoms with van der Waals surface area (Å²) in [5.74, 6) is 1.34. The van der Waals surface area contributed by atoms with Crippen molar-refractivity contribution in [3.05, 3.63) is 34.6 Å². The number of ether oxygens (including phenoxy) is 1. The van der Waals surface area contributed by atoms with E-state index in [2.05, 4.69) is 4.98 Å². The highest BCUT2D eigenvalue weighted by atomic mass is 35.5. The van der Waals surface area contributed by atoms with Crippen LogP contribution in [0.1, 0.15) is 6.92 Å². The number of hydrogen-bond acceptors (Lipinski definition) is 2. The van der Waals surface area contributed by atoms with Gasteiger partial charge in [-0.3, -0.25) is 0 Å². The highest BCUT2D eigenvalue weighted by Crippen LogP contribution is 2.36. The number of nitrogens with zero attached hydrogens (tertiary/aromatic N) is 2. The van der Waals surface area contributed by atoms with Crippen molar-refractivity contribution in [1.29, 1.82) is 0 Å². The van der Waals surface area contributed by atoms with Crippen molar-refractivity contribution in [2.24, 2.45) is 7.05 Å². The Hall–Kier alpha value is -1.19. The van der Waals surface area contributed by atoms with E-state index in [1.807, 2.05) is 24.7 Å². The maximum atomic E-state index is 6.14. The Bertz CT molecular complexity index is 514. The molecule has 0 aliphatic carbocycles. The molecule has 3 nitrogen and oxygen atoms in total. The first kappa shape index (κ1) is 12.3. The van der Waals surface area contributed by atoms with Crippen molar-refractivity contribution in [1.82, 2.24) is 9.55 Å². The van der Waals surface area contributed by atoms with E-state index in [9.17, 15) is 0 Å². The third-order valence-corrected chi connectivity index (χ3v) is 2.93. The normalized spacial score (nSPS) is 10.6. The van der Waals surface area contributed by atoms with E-state index in [1.54, 1.807) is 18.3 Å². The Morgan fingerprint density at radius 2 is 1.94 bits per heavy atom. The minimum Gasteiger partial charge on any atom is -0.491 e. The fourth-order valence-electron chi connectivity index (χ4n) is 1.61. The van der Waals surface area contributed by atoms with Gasteiger partial charge in [0.15, 0.2) is 5.75 Å². The molecule has 17 heavy (non-hydrogen) atoms. The molecule has 1 aromatic heterocycles. The van der Waals surface area contributed by atoms with E-state index in [0.29, 0.717) is 22.4 Å². The van der Waals surface area contributed by atoms with Crippen LogP contribution in [-0.2, 0) is 7.05 Å². The van der Waals surface area contributed by atoms with Crippen LogP contribution in [0.3, 0.4) is 0 Å². The summed E-state index contributed by atoms with van der Waals surface area (Å²) in [7, 11) is 1.92. The van der Waals surface area contributed by atoms with Gasteiger partial charge in [-0.2, -0.15) is 0 Å². The standard InChI is InChI=1S/C12H12Cl2N2O/c1-3-17-11-9(13)6-8(7-10(11)14)12-15-4-5-16(12)2/h4-7H,3H2,1-2H3. The molecule has 0 bridgehead atoms. The first-order valence-corrected chi connectivity index (χ1v) is 5.98. The zero-order chi connectivity index (χ0) is 12.4.